The summed E-state index contributed by atoms with van der Waals surface area (Å²) in [4.78, 5) is 13.1. The molecule has 0 aliphatic heterocycles. The zero-order valence-corrected chi connectivity index (χ0v) is 15.4. The van der Waals surface area contributed by atoms with E-state index in [0.29, 0.717) is 11.5 Å². The van der Waals surface area contributed by atoms with Gasteiger partial charge in [-0.05, 0) is 49.6 Å². The Balaban J connectivity index is 1.59. The van der Waals surface area contributed by atoms with Crippen LogP contribution in [0.25, 0.3) is 0 Å². The molecule has 25 heavy (non-hydrogen) atoms. The van der Waals surface area contributed by atoms with Gasteiger partial charge in [0, 0.05) is 10.9 Å². The van der Waals surface area contributed by atoms with Gasteiger partial charge in [0.2, 0.25) is 0 Å². The predicted octanol–water partition coefficient (Wildman–Crippen LogP) is 4.35. The molecule has 1 saturated carbocycles. The molecule has 0 radical (unpaired) electrons. The Bertz CT molecular complexity index is 745. The summed E-state index contributed by atoms with van der Waals surface area (Å²) in [6, 6.07) is 11.3. The maximum Gasteiger partial charge on any atom is 0.287 e. The van der Waals surface area contributed by atoms with Crippen LogP contribution in [0.5, 0.6) is 0 Å². The Morgan fingerprint density at radius 2 is 1.92 bits per heavy atom. The molecule has 0 bridgehead atoms. The van der Waals surface area contributed by atoms with Gasteiger partial charge in [-0.1, -0.05) is 37.8 Å². The number of hydrogen-bond acceptors (Lipinski definition) is 3. The lowest BCUT2D eigenvalue weighted by Crippen LogP contribution is -2.34. The molecular weight excluding hydrogens is 334 g/mol. The van der Waals surface area contributed by atoms with Crippen molar-refractivity contribution >= 4 is 16.7 Å². The molecule has 0 unspecified atom stereocenters. The molecule has 2 aromatic rings. The lowest BCUT2D eigenvalue weighted by Gasteiger charge is -2.14. The summed E-state index contributed by atoms with van der Waals surface area (Å²) in [7, 11) is -1.18. The Hall–Kier alpha value is -1.88. The highest BCUT2D eigenvalue weighted by atomic mass is 32.2. The van der Waals surface area contributed by atoms with E-state index in [1.807, 2.05) is 31.2 Å². The molecule has 1 aliphatic carbocycles. The molecule has 1 aromatic heterocycles. The Morgan fingerprint density at radius 3 is 2.64 bits per heavy atom. The molecule has 5 heteroatoms. The van der Waals surface area contributed by atoms with Crippen molar-refractivity contribution in [2.24, 2.45) is 0 Å². The number of benzene rings is 1. The summed E-state index contributed by atoms with van der Waals surface area (Å²) in [5.74, 6) is 0.992. The Kier molecular flexibility index (Phi) is 6.08. The highest BCUT2D eigenvalue weighted by Crippen LogP contribution is 2.19. The molecule has 1 fully saturated rings. The van der Waals surface area contributed by atoms with E-state index in [9.17, 15) is 9.00 Å². The molecule has 1 aromatic carbocycles. The monoisotopic (exact) mass is 359 g/mol. The highest BCUT2D eigenvalue weighted by Gasteiger charge is 2.18. The molecule has 1 amide bonds. The normalized spacial score (nSPS) is 17.0. The maximum atomic E-state index is 12.5. The second-order valence-corrected chi connectivity index (χ2v) is 8.19. The van der Waals surface area contributed by atoms with Gasteiger partial charge in [0.05, 0.1) is 16.6 Å². The second kappa shape index (κ2) is 8.48. The molecule has 3 rings (SSSR count). The number of aryl methyl sites for hydroxylation is 1. The van der Waals surface area contributed by atoms with Crippen LogP contribution in [0.3, 0.4) is 0 Å². The van der Waals surface area contributed by atoms with Crippen LogP contribution < -0.4 is 5.32 Å². The van der Waals surface area contributed by atoms with Gasteiger partial charge in [-0.15, -0.1) is 0 Å². The van der Waals surface area contributed by atoms with Crippen LogP contribution in [0.1, 0.15) is 60.4 Å². The number of carbonyl (C=O) groups excluding carboxylic acids is 1. The van der Waals surface area contributed by atoms with E-state index in [-0.39, 0.29) is 17.7 Å². The second-order valence-electron chi connectivity index (χ2n) is 6.73. The van der Waals surface area contributed by atoms with Crippen LogP contribution in [0, 0.1) is 6.92 Å². The van der Waals surface area contributed by atoms with Gasteiger partial charge >= 0.3 is 0 Å². The summed E-state index contributed by atoms with van der Waals surface area (Å²) in [5.41, 5.74) is 1.08. The number of carbonyl (C=O) groups is 1. The Labute approximate surface area is 151 Å². The van der Waals surface area contributed by atoms with Crippen molar-refractivity contribution in [2.75, 3.05) is 0 Å². The summed E-state index contributed by atoms with van der Waals surface area (Å²) >= 11 is 0. The van der Waals surface area contributed by atoms with Crippen LogP contribution in [-0.4, -0.2) is 16.2 Å². The summed E-state index contributed by atoms with van der Waals surface area (Å²) < 4.78 is 18.1. The first-order chi connectivity index (χ1) is 12.1. The minimum Gasteiger partial charge on any atom is -0.455 e. The average Bonchev–Trinajstić information content (AvgIpc) is 2.91. The number of nitrogens with one attached hydrogen (secondary N) is 1. The molecule has 1 N–H and O–H groups in total. The first kappa shape index (κ1) is 17.9. The van der Waals surface area contributed by atoms with Crippen LogP contribution in [0.2, 0.25) is 0 Å². The van der Waals surface area contributed by atoms with E-state index < -0.39 is 10.8 Å². The van der Waals surface area contributed by atoms with Crippen molar-refractivity contribution in [3.63, 3.8) is 0 Å². The van der Waals surface area contributed by atoms with E-state index in [2.05, 4.69) is 5.32 Å². The molecule has 1 atom stereocenters. The number of rotatable bonds is 5. The standard InChI is InChI=1S/C20H25NO3S/c1-15-7-6-10-18(13-15)25(23)14-17-11-12-19(24-17)20(22)21-16-8-4-2-3-5-9-16/h6-7,10-13,16H,2-5,8-9,14H2,1H3,(H,21,22)/t25-/m1/s1. The van der Waals surface area contributed by atoms with Gasteiger partial charge in [0.1, 0.15) is 5.76 Å². The van der Waals surface area contributed by atoms with Gasteiger partial charge < -0.3 is 9.73 Å². The lowest BCUT2D eigenvalue weighted by atomic mass is 10.1. The largest absolute Gasteiger partial charge is 0.455 e. The number of hydrogen-bond donors (Lipinski definition) is 1. The van der Waals surface area contributed by atoms with Gasteiger partial charge in [0.25, 0.3) is 5.91 Å². The number of amides is 1. The number of furan rings is 1. The van der Waals surface area contributed by atoms with E-state index in [4.69, 9.17) is 4.42 Å². The van der Waals surface area contributed by atoms with Gasteiger partial charge in [-0.25, -0.2) is 0 Å². The molecular formula is C20H25NO3S. The predicted molar refractivity (Wildman–Crippen MR) is 99.0 cm³/mol. The fourth-order valence-electron chi connectivity index (χ4n) is 3.23. The fourth-order valence-corrected chi connectivity index (χ4v) is 4.36. The highest BCUT2D eigenvalue weighted by molar-refractivity contribution is 7.84. The summed E-state index contributed by atoms with van der Waals surface area (Å²) in [5, 5.41) is 3.07. The van der Waals surface area contributed by atoms with Gasteiger partial charge in [0.15, 0.2) is 5.76 Å². The third kappa shape index (κ3) is 5.05. The average molecular weight is 359 g/mol. The van der Waals surface area contributed by atoms with Crippen molar-refractivity contribution in [3.05, 3.63) is 53.5 Å². The Morgan fingerprint density at radius 1 is 1.16 bits per heavy atom. The summed E-state index contributed by atoms with van der Waals surface area (Å²) in [6.07, 6.45) is 6.92. The smallest absolute Gasteiger partial charge is 0.287 e. The van der Waals surface area contributed by atoms with E-state index in [1.54, 1.807) is 12.1 Å². The minimum absolute atomic E-state index is 0.167. The van der Waals surface area contributed by atoms with Gasteiger partial charge in [-0.3, -0.25) is 9.00 Å². The molecule has 1 aliphatic rings. The molecule has 4 nitrogen and oxygen atoms in total. The topological polar surface area (TPSA) is 59.3 Å². The fraction of sp³-hybridized carbons (Fsp3) is 0.450. The minimum atomic E-state index is -1.18. The SMILES string of the molecule is Cc1cccc([S@](=O)Cc2ccc(C(=O)NC3CCCCCC3)o2)c1. The third-order valence-corrected chi connectivity index (χ3v) is 5.93. The van der Waals surface area contributed by atoms with Crippen LogP contribution in [0.15, 0.2) is 45.7 Å². The molecule has 1 heterocycles. The zero-order valence-electron chi connectivity index (χ0n) is 14.6. The van der Waals surface area contributed by atoms with Crippen molar-refractivity contribution in [3.8, 4) is 0 Å². The van der Waals surface area contributed by atoms with Crippen molar-refractivity contribution in [1.29, 1.82) is 0 Å². The van der Waals surface area contributed by atoms with Crippen LogP contribution >= 0.6 is 0 Å². The van der Waals surface area contributed by atoms with E-state index in [0.717, 1.165) is 23.3 Å². The van der Waals surface area contributed by atoms with Gasteiger partial charge in [-0.2, -0.15) is 0 Å². The van der Waals surface area contributed by atoms with E-state index in [1.165, 1.54) is 25.7 Å². The van der Waals surface area contributed by atoms with Crippen LogP contribution in [-0.2, 0) is 16.6 Å². The first-order valence-corrected chi connectivity index (χ1v) is 10.3. The third-order valence-electron chi connectivity index (χ3n) is 4.60. The first-order valence-electron chi connectivity index (χ1n) is 8.96. The molecule has 0 spiro atoms. The van der Waals surface area contributed by atoms with Crippen LogP contribution in [0.4, 0.5) is 0 Å². The quantitative estimate of drug-likeness (QED) is 0.808. The lowest BCUT2D eigenvalue weighted by molar-refractivity contribution is 0.0904. The van der Waals surface area contributed by atoms with Crippen molar-refractivity contribution in [2.45, 2.75) is 62.1 Å². The molecule has 134 valence electrons. The zero-order chi connectivity index (χ0) is 17.6. The maximum absolute atomic E-state index is 12.5. The van der Waals surface area contributed by atoms with Crippen molar-refractivity contribution < 1.29 is 13.4 Å². The molecule has 0 saturated heterocycles. The summed E-state index contributed by atoms with van der Waals surface area (Å²) in [6.45, 7) is 1.98. The van der Waals surface area contributed by atoms with Crippen molar-refractivity contribution in [1.82, 2.24) is 5.32 Å². The van der Waals surface area contributed by atoms with E-state index >= 15 is 0 Å².